The highest BCUT2D eigenvalue weighted by Crippen LogP contribution is 2.93. The Balaban J connectivity index is 1.43. The first-order chi connectivity index (χ1) is 27.8. The smallest absolute Gasteiger partial charge is 0.0578 e. The Morgan fingerprint density at radius 2 is 0.696 bits per heavy atom. The van der Waals surface area contributed by atoms with Gasteiger partial charge in [0.2, 0.25) is 0 Å². The van der Waals surface area contributed by atoms with Crippen molar-refractivity contribution in [2.45, 2.75) is 16.2 Å². The Labute approximate surface area is 329 Å². The second-order valence-electron chi connectivity index (χ2n) is 15.4. The second-order valence-corrected chi connectivity index (χ2v) is 15.4. The molecule has 0 bridgehead atoms. The van der Waals surface area contributed by atoms with Crippen molar-refractivity contribution in [2.75, 3.05) is 0 Å². The first-order valence-electron chi connectivity index (χ1n) is 19.8. The van der Waals surface area contributed by atoms with Gasteiger partial charge >= 0.3 is 0 Å². The van der Waals surface area contributed by atoms with Crippen molar-refractivity contribution in [3.8, 4) is 0 Å². The van der Waals surface area contributed by atoms with E-state index in [2.05, 4.69) is 237 Å². The Morgan fingerprint density at radius 1 is 0.321 bits per heavy atom. The van der Waals surface area contributed by atoms with Crippen molar-refractivity contribution in [3.05, 3.63) is 292 Å². The summed E-state index contributed by atoms with van der Waals surface area (Å²) in [7, 11) is 0. The standard InChI is InChI=1S/C56H40/c1-8-24-40(25-9-1)49(41-26-10-2-11-27-41)50(42-28-12-3-13-29-42)51-52(43-30-14-4-15-31-43)54(44-32-16-5-17-33-44)47-38-22-23-39-48(47)55(45-34-18-6-19-35-45)53(51)56(54,55)46-36-20-7-21-37-46/h1-39,53H/t53?,54-,55?,56+/m1/s1. The lowest BCUT2D eigenvalue weighted by Crippen LogP contribution is -2.41. The van der Waals surface area contributed by atoms with Crippen LogP contribution in [-0.4, -0.2) is 0 Å². The summed E-state index contributed by atoms with van der Waals surface area (Å²) < 4.78 is 0. The number of rotatable bonds is 8. The molecule has 11 rings (SSSR count). The van der Waals surface area contributed by atoms with E-state index < -0.39 is 5.41 Å². The fraction of sp³-hybridized carbons (Fsp3) is 0.0714. The van der Waals surface area contributed by atoms with Crippen LogP contribution in [0.25, 0.3) is 16.7 Å². The maximum atomic E-state index is 2.46. The quantitative estimate of drug-likeness (QED) is 0.138. The molecule has 0 radical (unpaired) electrons. The molecule has 0 nitrogen and oxygen atoms in total. The third-order valence-electron chi connectivity index (χ3n) is 13.1. The van der Waals surface area contributed by atoms with Crippen molar-refractivity contribution in [3.63, 3.8) is 0 Å². The van der Waals surface area contributed by atoms with Gasteiger partial charge in [-0.1, -0.05) is 237 Å². The van der Waals surface area contributed by atoms with Crippen LogP contribution >= 0.6 is 0 Å². The largest absolute Gasteiger partial charge is 0.0622 e. The van der Waals surface area contributed by atoms with Gasteiger partial charge in [0, 0.05) is 16.7 Å². The number of allylic oxidation sites excluding steroid dienone is 3. The Hall–Kier alpha value is -6.76. The summed E-state index contributed by atoms with van der Waals surface area (Å²) in [5, 5.41) is 0. The summed E-state index contributed by atoms with van der Waals surface area (Å²) in [5.74, 6) is 0.0998. The minimum atomic E-state index is -0.540. The fourth-order valence-electron chi connectivity index (χ4n) is 11.6. The molecule has 0 N–H and O–H groups in total. The van der Waals surface area contributed by atoms with E-state index in [-0.39, 0.29) is 16.7 Å². The molecular weight excluding hydrogens is 673 g/mol. The van der Waals surface area contributed by atoms with Crippen molar-refractivity contribution in [2.24, 2.45) is 5.92 Å². The van der Waals surface area contributed by atoms with Gasteiger partial charge in [0.1, 0.15) is 0 Å². The Bertz CT molecular complexity index is 2710. The van der Waals surface area contributed by atoms with Crippen LogP contribution in [0.3, 0.4) is 0 Å². The molecule has 2 unspecified atom stereocenters. The molecule has 1 fully saturated rings. The van der Waals surface area contributed by atoms with Crippen LogP contribution in [0.2, 0.25) is 0 Å². The maximum absolute atomic E-state index is 2.46. The molecule has 3 aliphatic rings. The molecule has 0 aromatic heterocycles. The van der Waals surface area contributed by atoms with Gasteiger partial charge in [-0.2, -0.15) is 0 Å². The van der Waals surface area contributed by atoms with Gasteiger partial charge in [0.15, 0.2) is 0 Å². The van der Waals surface area contributed by atoms with Crippen LogP contribution in [0.1, 0.15) is 50.1 Å². The maximum Gasteiger partial charge on any atom is 0.0578 e. The molecule has 0 heterocycles. The third-order valence-corrected chi connectivity index (χ3v) is 13.1. The summed E-state index contributed by atoms with van der Waals surface area (Å²) in [6.07, 6.45) is 0. The molecule has 56 heavy (non-hydrogen) atoms. The second kappa shape index (κ2) is 12.7. The first-order valence-corrected chi connectivity index (χ1v) is 19.8. The van der Waals surface area contributed by atoms with Gasteiger partial charge < -0.3 is 0 Å². The summed E-state index contributed by atoms with van der Waals surface area (Å²) in [4.78, 5) is 0. The van der Waals surface area contributed by atoms with Crippen LogP contribution < -0.4 is 0 Å². The average molecular weight is 713 g/mol. The lowest BCUT2D eigenvalue weighted by molar-refractivity contribution is 0.487. The average Bonchev–Trinajstić information content (AvgIpc) is 3.77. The third kappa shape index (κ3) is 4.14. The Kier molecular flexibility index (Phi) is 7.38. The van der Waals surface area contributed by atoms with Crippen LogP contribution in [0.15, 0.2) is 242 Å². The molecule has 0 amide bonds. The van der Waals surface area contributed by atoms with E-state index in [4.69, 9.17) is 0 Å². The van der Waals surface area contributed by atoms with Crippen LogP contribution in [0, 0.1) is 5.92 Å². The van der Waals surface area contributed by atoms with Crippen molar-refractivity contribution >= 4 is 16.7 Å². The lowest BCUT2D eigenvalue weighted by Gasteiger charge is -2.42. The van der Waals surface area contributed by atoms with Crippen molar-refractivity contribution in [1.29, 1.82) is 0 Å². The number of fused-ring (bicyclic) bond motifs is 4. The predicted octanol–water partition coefficient (Wildman–Crippen LogP) is 13.0. The van der Waals surface area contributed by atoms with Crippen molar-refractivity contribution < 1.29 is 0 Å². The molecule has 4 atom stereocenters. The molecule has 0 heteroatoms. The Morgan fingerprint density at radius 3 is 1.20 bits per heavy atom. The zero-order chi connectivity index (χ0) is 37.2. The normalized spacial score (nSPS) is 22.6. The molecule has 8 aromatic rings. The minimum absolute atomic E-state index is 0.0998. The summed E-state index contributed by atoms with van der Waals surface area (Å²) in [6.45, 7) is 0. The van der Waals surface area contributed by atoms with E-state index in [0.717, 1.165) is 0 Å². The number of hydrogen-bond donors (Lipinski definition) is 0. The van der Waals surface area contributed by atoms with Gasteiger partial charge in [-0.05, 0) is 72.4 Å². The van der Waals surface area contributed by atoms with E-state index in [9.17, 15) is 0 Å². The zero-order valence-corrected chi connectivity index (χ0v) is 31.1. The van der Waals surface area contributed by atoms with Gasteiger partial charge in [0.05, 0.1) is 5.41 Å². The van der Waals surface area contributed by atoms with Gasteiger partial charge in [-0.15, -0.1) is 0 Å². The topological polar surface area (TPSA) is 0 Å². The highest BCUT2D eigenvalue weighted by atomic mass is 14.9. The number of benzene rings is 8. The van der Waals surface area contributed by atoms with E-state index in [1.807, 2.05) is 0 Å². The zero-order valence-electron chi connectivity index (χ0n) is 31.1. The predicted molar refractivity (Wildman–Crippen MR) is 231 cm³/mol. The molecule has 0 spiro atoms. The molecule has 1 saturated carbocycles. The van der Waals surface area contributed by atoms with E-state index in [1.165, 1.54) is 72.4 Å². The van der Waals surface area contributed by atoms with Crippen LogP contribution in [0.5, 0.6) is 0 Å². The summed E-state index contributed by atoms with van der Waals surface area (Å²) in [5.41, 5.74) is 15.9. The molecule has 3 aliphatic carbocycles. The lowest BCUT2D eigenvalue weighted by atomic mass is 9.59. The fourth-order valence-corrected chi connectivity index (χ4v) is 11.6. The monoisotopic (exact) mass is 712 g/mol. The van der Waals surface area contributed by atoms with Gasteiger partial charge in [-0.3, -0.25) is 0 Å². The highest BCUT2D eigenvalue weighted by Gasteiger charge is 2.93. The van der Waals surface area contributed by atoms with E-state index in [0.29, 0.717) is 0 Å². The van der Waals surface area contributed by atoms with E-state index in [1.54, 1.807) is 0 Å². The van der Waals surface area contributed by atoms with Crippen LogP contribution in [-0.2, 0) is 16.2 Å². The molecular formula is C56H40. The first kappa shape index (κ1) is 32.7. The van der Waals surface area contributed by atoms with E-state index >= 15 is 0 Å². The van der Waals surface area contributed by atoms with Crippen LogP contribution in [0.4, 0.5) is 0 Å². The van der Waals surface area contributed by atoms with Crippen molar-refractivity contribution in [1.82, 2.24) is 0 Å². The van der Waals surface area contributed by atoms with Gasteiger partial charge in [0.25, 0.3) is 0 Å². The molecule has 8 aromatic carbocycles. The molecule has 0 aliphatic heterocycles. The van der Waals surface area contributed by atoms with Gasteiger partial charge in [-0.25, -0.2) is 0 Å². The summed E-state index contributed by atoms with van der Waals surface area (Å²) in [6, 6.07) is 88.7. The number of hydrogen-bond acceptors (Lipinski definition) is 0. The summed E-state index contributed by atoms with van der Waals surface area (Å²) >= 11 is 0. The SMILES string of the molecule is c1ccc(C(=C(c2ccccc2)c2ccccc2)C2=C(c3ccccc3)[C@@]3(c4ccccc4)c4ccccc4C4(c5ccccc5)C2[C@]43c2ccccc2)cc1. The molecule has 0 saturated heterocycles. The highest BCUT2D eigenvalue weighted by molar-refractivity contribution is 6.14. The minimum Gasteiger partial charge on any atom is -0.0622 e. The molecule has 264 valence electrons.